The van der Waals surface area contributed by atoms with E-state index >= 15 is 0 Å². The van der Waals surface area contributed by atoms with Crippen molar-refractivity contribution in [1.82, 2.24) is 4.31 Å². The van der Waals surface area contributed by atoms with Crippen LogP contribution in [0.1, 0.15) is 26.7 Å². The molecule has 0 atom stereocenters. The van der Waals surface area contributed by atoms with E-state index in [0.717, 1.165) is 31.6 Å². The molecule has 112 valence electrons. The van der Waals surface area contributed by atoms with Crippen molar-refractivity contribution in [1.29, 1.82) is 0 Å². The molecule has 1 aliphatic rings. The molecule has 1 aromatic rings. The molecule has 0 spiro atoms. The molecule has 1 N–H and O–H groups in total. The lowest BCUT2D eigenvalue weighted by Crippen LogP contribution is -2.33. The summed E-state index contributed by atoms with van der Waals surface area (Å²) in [7, 11) is -3.39. The van der Waals surface area contributed by atoms with E-state index in [1.165, 1.54) is 4.31 Å². The van der Waals surface area contributed by atoms with Gasteiger partial charge in [0.2, 0.25) is 0 Å². The molecule has 1 aromatic carbocycles. The van der Waals surface area contributed by atoms with Gasteiger partial charge in [-0.3, -0.25) is 4.72 Å². The second-order valence-electron chi connectivity index (χ2n) is 4.93. The van der Waals surface area contributed by atoms with Gasteiger partial charge in [-0.25, -0.2) is 0 Å². The van der Waals surface area contributed by atoms with E-state index in [2.05, 4.69) is 23.5 Å². The molecule has 2 rings (SSSR count). The summed E-state index contributed by atoms with van der Waals surface area (Å²) < 4.78 is 28.4. The molecule has 1 fully saturated rings. The Balaban J connectivity index is 2.07. The Morgan fingerprint density at radius 3 is 2.15 bits per heavy atom. The molecule has 0 aliphatic carbocycles. The zero-order chi connectivity index (χ0) is 14.6. The van der Waals surface area contributed by atoms with Gasteiger partial charge in [0.15, 0.2) is 0 Å². The Hall–Kier alpha value is -1.27. The first-order chi connectivity index (χ1) is 9.56. The lowest BCUT2D eigenvalue weighted by atomic mass is 10.2. The third-order valence-corrected chi connectivity index (χ3v) is 5.19. The lowest BCUT2D eigenvalue weighted by molar-refractivity contribution is 0.482. The maximum atomic E-state index is 12.1. The Labute approximate surface area is 121 Å². The zero-order valence-electron chi connectivity index (χ0n) is 12.2. The van der Waals surface area contributed by atoms with Crippen molar-refractivity contribution >= 4 is 21.6 Å². The van der Waals surface area contributed by atoms with Crippen LogP contribution in [0, 0.1) is 0 Å². The zero-order valence-corrected chi connectivity index (χ0v) is 13.0. The van der Waals surface area contributed by atoms with Gasteiger partial charge in [0.1, 0.15) is 0 Å². The van der Waals surface area contributed by atoms with Crippen LogP contribution >= 0.6 is 0 Å². The average Bonchev–Trinajstić information content (AvgIpc) is 2.96. The Kier molecular flexibility index (Phi) is 4.88. The van der Waals surface area contributed by atoms with Crippen molar-refractivity contribution in [2.75, 3.05) is 35.8 Å². The number of anilines is 2. The summed E-state index contributed by atoms with van der Waals surface area (Å²) in [6, 6.07) is 7.55. The number of hydrogen-bond donors (Lipinski definition) is 1. The van der Waals surface area contributed by atoms with Crippen LogP contribution in [0.4, 0.5) is 11.4 Å². The van der Waals surface area contributed by atoms with Crippen LogP contribution in [0.15, 0.2) is 24.3 Å². The maximum absolute atomic E-state index is 12.1. The normalized spacial score (nSPS) is 16.3. The predicted octanol–water partition coefficient (Wildman–Crippen LogP) is 2.29. The molecular formula is C14H23N3O2S. The molecule has 0 unspecified atom stereocenters. The van der Waals surface area contributed by atoms with Gasteiger partial charge < -0.3 is 4.90 Å². The Morgan fingerprint density at radius 2 is 1.65 bits per heavy atom. The first kappa shape index (κ1) is 15.1. The summed E-state index contributed by atoms with van der Waals surface area (Å²) in [5.74, 6) is 0. The summed E-state index contributed by atoms with van der Waals surface area (Å²) in [5.41, 5.74) is 1.73. The number of hydrogen-bond acceptors (Lipinski definition) is 3. The van der Waals surface area contributed by atoms with Crippen LogP contribution in [-0.2, 0) is 10.2 Å². The molecule has 0 radical (unpaired) electrons. The molecule has 1 saturated heterocycles. The molecule has 1 aliphatic heterocycles. The lowest BCUT2D eigenvalue weighted by Gasteiger charge is -2.21. The summed E-state index contributed by atoms with van der Waals surface area (Å²) in [6.07, 6.45) is 1.89. The highest BCUT2D eigenvalue weighted by molar-refractivity contribution is 7.90. The monoisotopic (exact) mass is 297 g/mol. The first-order valence-corrected chi connectivity index (χ1v) is 8.63. The third-order valence-electron chi connectivity index (χ3n) is 3.65. The van der Waals surface area contributed by atoms with E-state index in [-0.39, 0.29) is 0 Å². The van der Waals surface area contributed by atoms with Gasteiger partial charge in [0.05, 0.1) is 0 Å². The van der Waals surface area contributed by atoms with Crippen LogP contribution in [0.5, 0.6) is 0 Å². The van der Waals surface area contributed by atoms with E-state index in [1.54, 1.807) is 0 Å². The largest absolute Gasteiger partial charge is 0.372 e. The second kappa shape index (κ2) is 6.45. The fourth-order valence-corrected chi connectivity index (χ4v) is 3.77. The number of nitrogens with one attached hydrogen (secondary N) is 1. The van der Waals surface area contributed by atoms with Gasteiger partial charge in [-0.1, -0.05) is 0 Å². The topological polar surface area (TPSA) is 52.7 Å². The van der Waals surface area contributed by atoms with Crippen molar-refractivity contribution < 1.29 is 8.42 Å². The van der Waals surface area contributed by atoms with Crippen molar-refractivity contribution in [2.45, 2.75) is 26.7 Å². The Morgan fingerprint density at radius 1 is 1.10 bits per heavy atom. The smallest absolute Gasteiger partial charge is 0.301 e. The Bertz CT molecular complexity index is 518. The first-order valence-electron chi connectivity index (χ1n) is 7.19. The predicted molar refractivity (Wildman–Crippen MR) is 83.4 cm³/mol. The van der Waals surface area contributed by atoms with Gasteiger partial charge >= 0.3 is 10.2 Å². The van der Waals surface area contributed by atoms with E-state index in [0.29, 0.717) is 18.8 Å². The molecule has 5 nitrogen and oxygen atoms in total. The molecular weight excluding hydrogens is 274 g/mol. The molecule has 0 saturated carbocycles. The van der Waals surface area contributed by atoms with Crippen LogP contribution in [-0.4, -0.2) is 38.9 Å². The molecule has 20 heavy (non-hydrogen) atoms. The second-order valence-corrected chi connectivity index (χ2v) is 6.60. The quantitative estimate of drug-likeness (QED) is 0.876. The SMILES string of the molecule is CCN(CC)c1ccc(NS(=O)(=O)N2CCCC2)cc1. The standard InChI is InChI=1S/C14H23N3O2S/c1-3-16(4-2)14-9-7-13(8-10-14)15-20(18,19)17-11-5-6-12-17/h7-10,15H,3-6,11-12H2,1-2H3. The highest BCUT2D eigenvalue weighted by Gasteiger charge is 2.24. The van der Waals surface area contributed by atoms with E-state index < -0.39 is 10.2 Å². The van der Waals surface area contributed by atoms with Crippen molar-refractivity contribution in [3.63, 3.8) is 0 Å². The summed E-state index contributed by atoms with van der Waals surface area (Å²) >= 11 is 0. The number of nitrogens with zero attached hydrogens (tertiary/aromatic N) is 2. The van der Waals surface area contributed by atoms with E-state index in [9.17, 15) is 8.42 Å². The highest BCUT2D eigenvalue weighted by Crippen LogP contribution is 2.20. The maximum Gasteiger partial charge on any atom is 0.301 e. The van der Waals surface area contributed by atoms with Gasteiger partial charge in [-0.15, -0.1) is 0 Å². The third kappa shape index (κ3) is 3.43. The summed E-state index contributed by atoms with van der Waals surface area (Å²) in [5, 5.41) is 0. The number of rotatable bonds is 6. The van der Waals surface area contributed by atoms with Crippen LogP contribution in [0.2, 0.25) is 0 Å². The van der Waals surface area contributed by atoms with Crippen LogP contribution < -0.4 is 9.62 Å². The van der Waals surface area contributed by atoms with E-state index in [4.69, 9.17) is 0 Å². The fraction of sp³-hybridized carbons (Fsp3) is 0.571. The minimum absolute atomic E-state index is 0.618. The fourth-order valence-electron chi connectivity index (χ4n) is 2.47. The highest BCUT2D eigenvalue weighted by atomic mass is 32.2. The number of benzene rings is 1. The average molecular weight is 297 g/mol. The molecule has 1 heterocycles. The minimum Gasteiger partial charge on any atom is -0.372 e. The van der Waals surface area contributed by atoms with Crippen molar-refractivity contribution in [2.24, 2.45) is 0 Å². The van der Waals surface area contributed by atoms with Crippen LogP contribution in [0.25, 0.3) is 0 Å². The molecule has 6 heteroatoms. The molecule has 0 aromatic heterocycles. The van der Waals surface area contributed by atoms with Gasteiger partial charge in [-0.05, 0) is 51.0 Å². The van der Waals surface area contributed by atoms with Crippen molar-refractivity contribution in [3.05, 3.63) is 24.3 Å². The minimum atomic E-state index is -3.39. The van der Waals surface area contributed by atoms with Crippen LogP contribution in [0.3, 0.4) is 0 Å². The molecule has 0 amide bonds. The summed E-state index contributed by atoms with van der Waals surface area (Å²) in [4.78, 5) is 2.22. The van der Waals surface area contributed by atoms with E-state index in [1.807, 2.05) is 24.3 Å². The van der Waals surface area contributed by atoms with Gasteiger partial charge in [0, 0.05) is 37.6 Å². The van der Waals surface area contributed by atoms with Gasteiger partial charge in [-0.2, -0.15) is 12.7 Å². The summed E-state index contributed by atoms with van der Waals surface area (Å²) in [6.45, 7) is 7.32. The molecule has 0 bridgehead atoms. The van der Waals surface area contributed by atoms with Crippen molar-refractivity contribution in [3.8, 4) is 0 Å². The van der Waals surface area contributed by atoms with Gasteiger partial charge in [0.25, 0.3) is 0 Å².